The second-order valence-corrected chi connectivity index (χ2v) is 10.5. The largest absolute Gasteiger partial charge is 0.497 e. The SMILES string of the molecule is CCCCCN(CC(=O)N(Cc1ccccc1)Cc1cccn1Cc1cccc(OC)c1)C(=O)c1ccc([N+](=O)[O-])cc1. The van der Waals surface area contributed by atoms with Crippen LogP contribution in [0.1, 0.15) is 53.4 Å². The van der Waals surface area contributed by atoms with Gasteiger partial charge < -0.3 is 19.1 Å². The van der Waals surface area contributed by atoms with Crippen molar-refractivity contribution in [3.8, 4) is 5.75 Å². The highest BCUT2D eigenvalue weighted by atomic mass is 16.6. The molecule has 0 aliphatic carbocycles. The first kappa shape index (κ1) is 31.0. The lowest BCUT2D eigenvalue weighted by Crippen LogP contribution is -2.43. The minimum atomic E-state index is -0.498. The van der Waals surface area contributed by atoms with Gasteiger partial charge in [0.15, 0.2) is 0 Å². The number of hydrogen-bond donors (Lipinski definition) is 0. The summed E-state index contributed by atoms with van der Waals surface area (Å²) in [5.74, 6) is 0.290. The van der Waals surface area contributed by atoms with Crippen LogP contribution in [-0.4, -0.2) is 51.3 Å². The molecule has 0 unspecified atom stereocenters. The van der Waals surface area contributed by atoms with Crippen molar-refractivity contribution < 1.29 is 19.2 Å². The van der Waals surface area contributed by atoms with Crippen LogP contribution in [0, 0.1) is 10.1 Å². The molecule has 4 rings (SSSR count). The van der Waals surface area contributed by atoms with Crippen molar-refractivity contribution in [3.63, 3.8) is 0 Å². The molecular weight excluding hydrogens is 544 g/mol. The smallest absolute Gasteiger partial charge is 0.269 e. The monoisotopic (exact) mass is 582 g/mol. The van der Waals surface area contributed by atoms with E-state index in [0.717, 1.165) is 41.8 Å². The molecule has 9 nitrogen and oxygen atoms in total. The van der Waals surface area contributed by atoms with Crippen LogP contribution in [-0.2, 0) is 24.4 Å². The molecule has 0 spiro atoms. The molecule has 4 aromatic rings. The predicted octanol–water partition coefficient (Wildman–Crippen LogP) is 6.31. The van der Waals surface area contributed by atoms with Crippen LogP contribution in [0.4, 0.5) is 5.69 Å². The van der Waals surface area contributed by atoms with Crippen molar-refractivity contribution in [3.05, 3.63) is 130 Å². The molecule has 0 saturated carbocycles. The molecule has 2 amide bonds. The highest BCUT2D eigenvalue weighted by molar-refractivity contribution is 5.96. The summed E-state index contributed by atoms with van der Waals surface area (Å²) in [6.07, 6.45) is 4.64. The van der Waals surface area contributed by atoms with Crippen molar-refractivity contribution in [2.45, 2.75) is 45.8 Å². The summed E-state index contributed by atoms with van der Waals surface area (Å²) in [5.41, 5.74) is 3.26. The number of hydrogen-bond acceptors (Lipinski definition) is 5. The van der Waals surface area contributed by atoms with Crippen molar-refractivity contribution in [1.82, 2.24) is 14.4 Å². The number of nitro benzene ring substituents is 1. The Balaban J connectivity index is 1.56. The maximum atomic E-state index is 14.0. The highest BCUT2D eigenvalue weighted by Gasteiger charge is 2.24. The summed E-state index contributed by atoms with van der Waals surface area (Å²) in [5, 5.41) is 11.1. The number of methoxy groups -OCH3 is 1. The Hall–Kier alpha value is -4.92. The van der Waals surface area contributed by atoms with Crippen LogP contribution < -0.4 is 4.74 Å². The summed E-state index contributed by atoms with van der Waals surface area (Å²) in [7, 11) is 1.64. The molecule has 0 bridgehead atoms. The van der Waals surface area contributed by atoms with E-state index in [1.165, 1.54) is 24.3 Å². The van der Waals surface area contributed by atoms with Gasteiger partial charge in [0.05, 0.1) is 18.6 Å². The highest BCUT2D eigenvalue weighted by Crippen LogP contribution is 2.19. The van der Waals surface area contributed by atoms with E-state index >= 15 is 0 Å². The minimum absolute atomic E-state index is 0.0869. The molecule has 0 aliphatic rings. The number of non-ortho nitro benzene ring substituents is 1. The fourth-order valence-electron chi connectivity index (χ4n) is 4.92. The second-order valence-electron chi connectivity index (χ2n) is 10.5. The molecule has 0 fully saturated rings. The number of carbonyl (C=O) groups excluding carboxylic acids is 2. The van der Waals surface area contributed by atoms with Gasteiger partial charge in [-0.1, -0.05) is 62.2 Å². The van der Waals surface area contributed by atoms with E-state index in [9.17, 15) is 19.7 Å². The Morgan fingerprint density at radius 3 is 2.30 bits per heavy atom. The molecule has 43 heavy (non-hydrogen) atoms. The first-order chi connectivity index (χ1) is 20.9. The zero-order valence-electron chi connectivity index (χ0n) is 24.7. The molecule has 1 aromatic heterocycles. The van der Waals surface area contributed by atoms with Crippen molar-refractivity contribution in [1.29, 1.82) is 0 Å². The number of benzene rings is 3. The molecule has 224 valence electrons. The van der Waals surface area contributed by atoms with Crippen molar-refractivity contribution in [2.75, 3.05) is 20.2 Å². The Morgan fingerprint density at radius 2 is 1.60 bits per heavy atom. The number of ether oxygens (including phenoxy) is 1. The number of unbranched alkanes of at least 4 members (excludes halogenated alkanes) is 2. The Labute approximate surface area is 252 Å². The summed E-state index contributed by atoms with van der Waals surface area (Å²) >= 11 is 0. The van der Waals surface area contributed by atoms with E-state index in [4.69, 9.17) is 4.74 Å². The molecule has 9 heteroatoms. The average Bonchev–Trinajstić information content (AvgIpc) is 3.46. The third kappa shape index (κ3) is 8.78. The maximum absolute atomic E-state index is 14.0. The summed E-state index contributed by atoms with van der Waals surface area (Å²) in [6, 6.07) is 27.2. The fraction of sp³-hybridized carbons (Fsp3) is 0.294. The van der Waals surface area contributed by atoms with Crippen molar-refractivity contribution >= 4 is 17.5 Å². The van der Waals surface area contributed by atoms with Crippen molar-refractivity contribution in [2.24, 2.45) is 0 Å². The summed E-state index contributed by atoms with van der Waals surface area (Å²) in [6.45, 7) is 3.77. The standard InChI is InChI=1S/C34H38N4O5/c1-3-4-8-20-36(34(40)29-16-18-30(19-17-29)38(41)42)26-33(39)37(23-27-11-6-5-7-12-27)25-31-14-10-21-35(31)24-28-13-9-15-32(22-28)43-2/h5-7,9-19,21-22H,3-4,8,20,23-26H2,1-2H3. The van der Waals surface area contributed by atoms with Gasteiger partial charge in [-0.15, -0.1) is 0 Å². The summed E-state index contributed by atoms with van der Waals surface area (Å²) < 4.78 is 7.49. The first-order valence-corrected chi connectivity index (χ1v) is 14.5. The quantitative estimate of drug-likeness (QED) is 0.0929. The lowest BCUT2D eigenvalue weighted by molar-refractivity contribution is -0.384. The first-order valence-electron chi connectivity index (χ1n) is 14.5. The third-order valence-corrected chi connectivity index (χ3v) is 7.30. The molecular formula is C34H38N4O5. The lowest BCUT2D eigenvalue weighted by Gasteiger charge is -2.28. The number of carbonyl (C=O) groups is 2. The van der Waals surface area contributed by atoms with Crippen LogP contribution in [0.25, 0.3) is 0 Å². The number of rotatable bonds is 15. The van der Waals surface area contributed by atoms with Gasteiger partial charge in [0, 0.05) is 49.2 Å². The normalized spacial score (nSPS) is 10.7. The van der Waals surface area contributed by atoms with Crippen LogP contribution in [0.15, 0.2) is 97.2 Å². The van der Waals surface area contributed by atoms with Gasteiger partial charge in [-0.2, -0.15) is 0 Å². The van der Waals surface area contributed by atoms with Gasteiger partial charge in [0.25, 0.3) is 11.6 Å². The minimum Gasteiger partial charge on any atom is -0.497 e. The zero-order chi connectivity index (χ0) is 30.6. The zero-order valence-corrected chi connectivity index (χ0v) is 24.7. The molecule has 0 atom stereocenters. The van der Waals surface area contributed by atoms with Crippen LogP contribution in [0.5, 0.6) is 5.75 Å². The third-order valence-electron chi connectivity index (χ3n) is 7.30. The van der Waals surface area contributed by atoms with E-state index in [1.807, 2.05) is 72.9 Å². The van der Waals surface area contributed by atoms with E-state index in [1.54, 1.807) is 16.9 Å². The number of nitro groups is 1. The van der Waals surface area contributed by atoms with Gasteiger partial charge in [-0.25, -0.2) is 0 Å². The second kappa shape index (κ2) is 15.3. The van der Waals surface area contributed by atoms with Crippen LogP contribution in [0.2, 0.25) is 0 Å². The van der Waals surface area contributed by atoms with Gasteiger partial charge in [0.2, 0.25) is 5.91 Å². The van der Waals surface area contributed by atoms with E-state index in [2.05, 4.69) is 11.5 Å². The van der Waals surface area contributed by atoms with Gasteiger partial charge in [-0.05, 0) is 53.9 Å². The predicted molar refractivity (Wildman–Crippen MR) is 166 cm³/mol. The number of amides is 2. The van der Waals surface area contributed by atoms with E-state index in [0.29, 0.717) is 31.7 Å². The molecule has 0 radical (unpaired) electrons. The Bertz CT molecular complexity index is 1500. The topological polar surface area (TPSA) is 97.9 Å². The molecule has 1 heterocycles. The fourth-order valence-corrected chi connectivity index (χ4v) is 4.92. The number of nitrogens with zero attached hydrogens (tertiary/aromatic N) is 4. The Morgan fingerprint density at radius 1 is 0.860 bits per heavy atom. The van der Waals surface area contributed by atoms with Gasteiger partial charge >= 0.3 is 0 Å². The summed E-state index contributed by atoms with van der Waals surface area (Å²) in [4.78, 5) is 41.4. The van der Waals surface area contributed by atoms with Crippen LogP contribution >= 0.6 is 0 Å². The van der Waals surface area contributed by atoms with E-state index in [-0.39, 0.29) is 24.0 Å². The number of aromatic nitrogens is 1. The van der Waals surface area contributed by atoms with Gasteiger partial charge in [-0.3, -0.25) is 19.7 Å². The van der Waals surface area contributed by atoms with Gasteiger partial charge in [0.1, 0.15) is 12.3 Å². The molecule has 3 aromatic carbocycles. The van der Waals surface area contributed by atoms with E-state index < -0.39 is 4.92 Å². The Kier molecular flexibility index (Phi) is 11.1. The molecule has 0 saturated heterocycles. The van der Waals surface area contributed by atoms with Crippen LogP contribution in [0.3, 0.4) is 0 Å². The maximum Gasteiger partial charge on any atom is 0.269 e. The lowest BCUT2D eigenvalue weighted by atomic mass is 10.1. The average molecular weight is 583 g/mol. The molecule has 0 aliphatic heterocycles. The molecule has 0 N–H and O–H groups in total.